The number of rotatable bonds is 4. The van der Waals surface area contributed by atoms with Crippen LogP contribution < -0.4 is 10.2 Å². The third-order valence-electron chi connectivity index (χ3n) is 9.20. The highest BCUT2D eigenvalue weighted by atomic mass is 16.2. The summed E-state index contributed by atoms with van der Waals surface area (Å²) in [6.45, 7) is 7.72. The predicted molar refractivity (Wildman–Crippen MR) is 150 cm³/mol. The second-order valence-corrected chi connectivity index (χ2v) is 11.4. The molecule has 6 heteroatoms. The monoisotopic (exact) mass is 508 g/mol. The van der Waals surface area contributed by atoms with E-state index in [0.717, 1.165) is 86.1 Å². The third kappa shape index (κ3) is 4.57. The van der Waals surface area contributed by atoms with Gasteiger partial charge in [0.15, 0.2) is 0 Å². The molecule has 1 atom stereocenters. The van der Waals surface area contributed by atoms with E-state index in [2.05, 4.69) is 38.3 Å². The molecule has 2 saturated heterocycles. The van der Waals surface area contributed by atoms with Gasteiger partial charge in [-0.2, -0.15) is 0 Å². The number of hydrogen-bond acceptors (Lipinski definition) is 4. The lowest BCUT2D eigenvalue weighted by atomic mass is 9.77. The smallest absolute Gasteiger partial charge is 0.253 e. The van der Waals surface area contributed by atoms with E-state index in [-0.39, 0.29) is 23.3 Å². The molecule has 38 heavy (non-hydrogen) atoms. The van der Waals surface area contributed by atoms with Crippen molar-refractivity contribution < 1.29 is 9.59 Å². The summed E-state index contributed by atoms with van der Waals surface area (Å²) in [6, 6.07) is 16.0. The largest absolute Gasteiger partial charge is 0.371 e. The molecule has 1 spiro atoms. The number of hydrogen-bond donors (Lipinski definition) is 1. The van der Waals surface area contributed by atoms with Crippen LogP contribution in [0, 0.1) is 19.3 Å². The molecule has 2 amide bonds. The first-order valence-electron chi connectivity index (χ1n) is 13.9. The number of nitrogens with one attached hydrogen (secondary N) is 1. The van der Waals surface area contributed by atoms with Gasteiger partial charge in [-0.3, -0.25) is 14.6 Å². The lowest BCUT2D eigenvalue weighted by Gasteiger charge is -2.40. The number of anilines is 1. The number of carbonyl (C=O) groups excluding carboxylic acids is 2. The van der Waals surface area contributed by atoms with Crippen molar-refractivity contribution in [3.63, 3.8) is 0 Å². The topological polar surface area (TPSA) is 65.5 Å². The lowest BCUT2D eigenvalue weighted by Crippen LogP contribution is -2.42. The first kappa shape index (κ1) is 24.7. The van der Waals surface area contributed by atoms with Crippen LogP contribution in [0.2, 0.25) is 0 Å². The Morgan fingerprint density at radius 3 is 2.53 bits per heavy atom. The Morgan fingerprint density at radius 2 is 1.74 bits per heavy atom. The van der Waals surface area contributed by atoms with Crippen LogP contribution in [0.1, 0.15) is 74.7 Å². The van der Waals surface area contributed by atoms with Gasteiger partial charge in [0.05, 0.1) is 6.04 Å². The van der Waals surface area contributed by atoms with Gasteiger partial charge in [-0.15, -0.1) is 0 Å². The Hall–Kier alpha value is -3.67. The van der Waals surface area contributed by atoms with Crippen LogP contribution >= 0.6 is 0 Å². The Kier molecular flexibility index (Phi) is 6.42. The van der Waals surface area contributed by atoms with Crippen molar-refractivity contribution in [1.29, 1.82) is 0 Å². The van der Waals surface area contributed by atoms with Crippen molar-refractivity contribution in [3.05, 3.63) is 94.3 Å². The average molecular weight is 509 g/mol. The molecule has 0 saturated carbocycles. The number of amides is 2. The average Bonchev–Trinajstić information content (AvgIpc) is 3.54. The van der Waals surface area contributed by atoms with Crippen LogP contribution in [-0.2, 0) is 6.42 Å². The molecule has 6 rings (SSSR count). The first-order valence-corrected chi connectivity index (χ1v) is 13.9. The fourth-order valence-electron chi connectivity index (χ4n) is 6.61. The summed E-state index contributed by atoms with van der Waals surface area (Å²) in [5, 5.41) is 3.25. The zero-order valence-corrected chi connectivity index (χ0v) is 22.4. The minimum Gasteiger partial charge on any atom is -0.371 e. The van der Waals surface area contributed by atoms with Crippen LogP contribution in [0.3, 0.4) is 0 Å². The van der Waals surface area contributed by atoms with Gasteiger partial charge < -0.3 is 15.1 Å². The summed E-state index contributed by atoms with van der Waals surface area (Å²) in [4.78, 5) is 35.3. The molecule has 3 heterocycles. The number of fused-ring (bicyclic) bond motifs is 1. The normalized spacial score (nSPS) is 20.0. The number of carbonyl (C=O) groups is 2. The molecule has 0 radical (unpaired) electrons. The minimum absolute atomic E-state index is 0.0413. The maximum atomic E-state index is 13.6. The van der Waals surface area contributed by atoms with E-state index < -0.39 is 0 Å². The molecule has 196 valence electrons. The maximum Gasteiger partial charge on any atom is 0.253 e. The molecule has 3 aliphatic rings. The van der Waals surface area contributed by atoms with Crippen LogP contribution in [0.5, 0.6) is 0 Å². The van der Waals surface area contributed by atoms with Gasteiger partial charge in [0, 0.05) is 55.4 Å². The van der Waals surface area contributed by atoms with E-state index >= 15 is 0 Å². The molecular formula is C32H36N4O2. The van der Waals surface area contributed by atoms with Crippen molar-refractivity contribution in [2.75, 3.05) is 31.1 Å². The van der Waals surface area contributed by atoms with Crippen molar-refractivity contribution in [3.8, 4) is 0 Å². The molecule has 2 aromatic carbocycles. The Bertz CT molecular complexity index is 1360. The van der Waals surface area contributed by atoms with Gasteiger partial charge in [-0.25, -0.2) is 0 Å². The van der Waals surface area contributed by atoms with Crippen molar-refractivity contribution in [2.24, 2.45) is 5.41 Å². The predicted octanol–water partition coefficient (Wildman–Crippen LogP) is 5.25. The Morgan fingerprint density at radius 1 is 0.974 bits per heavy atom. The van der Waals surface area contributed by atoms with Crippen molar-refractivity contribution in [2.45, 2.75) is 52.0 Å². The highest BCUT2D eigenvalue weighted by Gasteiger charge is 2.42. The third-order valence-corrected chi connectivity index (χ3v) is 9.20. The maximum absolute atomic E-state index is 13.6. The SMILES string of the molecule is Cc1cccc(C(=O)NC2CCc3ccc(C(=O)N4CCC5(CCN(c6ccncc6)CC5)C4)cc32)c1C. The second kappa shape index (κ2) is 9.90. The quantitative estimate of drug-likeness (QED) is 0.523. The van der Waals surface area contributed by atoms with Crippen LogP contribution in [-0.4, -0.2) is 47.9 Å². The highest BCUT2D eigenvalue weighted by molar-refractivity contribution is 5.97. The van der Waals surface area contributed by atoms with Crippen LogP contribution in [0.25, 0.3) is 0 Å². The standard InChI is InChI=1S/C32H36N4O2/c1-22-4-3-5-27(23(22)2)30(37)34-29-9-8-24-6-7-25(20-28(24)29)31(38)36-19-14-32(21-36)12-17-35(18-13-32)26-10-15-33-16-11-26/h3-7,10-11,15-16,20,29H,8-9,12-14,17-19,21H2,1-2H3,(H,34,37). The van der Waals surface area contributed by atoms with E-state index in [0.29, 0.717) is 0 Å². The zero-order valence-electron chi connectivity index (χ0n) is 22.4. The molecule has 3 aromatic rings. The number of aromatic nitrogens is 1. The summed E-state index contributed by atoms with van der Waals surface area (Å²) < 4.78 is 0. The molecule has 0 bridgehead atoms. The van der Waals surface area contributed by atoms with E-state index in [1.165, 1.54) is 11.3 Å². The molecule has 2 aliphatic heterocycles. The van der Waals surface area contributed by atoms with Crippen LogP contribution in [0.15, 0.2) is 60.9 Å². The lowest BCUT2D eigenvalue weighted by molar-refractivity contribution is 0.0764. The van der Waals surface area contributed by atoms with E-state index in [9.17, 15) is 9.59 Å². The summed E-state index contributed by atoms with van der Waals surface area (Å²) in [7, 11) is 0. The Labute approximate surface area is 225 Å². The molecule has 1 unspecified atom stereocenters. The zero-order chi connectivity index (χ0) is 26.3. The summed E-state index contributed by atoms with van der Waals surface area (Å²) in [5.41, 5.74) is 7.37. The van der Waals surface area contributed by atoms with Gasteiger partial charge in [0.2, 0.25) is 0 Å². The number of piperidine rings is 1. The van der Waals surface area contributed by atoms with E-state index in [1.807, 2.05) is 56.6 Å². The summed E-state index contributed by atoms with van der Waals surface area (Å²) >= 11 is 0. The van der Waals surface area contributed by atoms with Gasteiger partial charge in [-0.05, 0) is 104 Å². The summed E-state index contributed by atoms with van der Waals surface area (Å²) in [6.07, 6.45) is 8.78. The molecule has 6 nitrogen and oxygen atoms in total. The van der Waals surface area contributed by atoms with Gasteiger partial charge in [0.1, 0.15) is 0 Å². The van der Waals surface area contributed by atoms with E-state index in [4.69, 9.17) is 0 Å². The van der Waals surface area contributed by atoms with Gasteiger partial charge in [0.25, 0.3) is 11.8 Å². The van der Waals surface area contributed by atoms with Gasteiger partial charge >= 0.3 is 0 Å². The molecule has 1 aliphatic carbocycles. The number of nitrogens with zero attached hydrogens (tertiary/aromatic N) is 3. The molecule has 2 fully saturated rings. The molecular weight excluding hydrogens is 472 g/mol. The highest BCUT2D eigenvalue weighted by Crippen LogP contribution is 2.42. The van der Waals surface area contributed by atoms with Crippen LogP contribution in [0.4, 0.5) is 5.69 Å². The number of pyridine rings is 1. The van der Waals surface area contributed by atoms with Crippen molar-refractivity contribution >= 4 is 17.5 Å². The van der Waals surface area contributed by atoms with Gasteiger partial charge in [-0.1, -0.05) is 18.2 Å². The first-order chi connectivity index (χ1) is 18.4. The number of likely N-dealkylation sites (tertiary alicyclic amines) is 1. The number of benzene rings is 2. The minimum atomic E-state index is -0.0624. The summed E-state index contributed by atoms with van der Waals surface area (Å²) in [5.74, 6) is 0.0770. The van der Waals surface area contributed by atoms with Crippen molar-refractivity contribution in [1.82, 2.24) is 15.2 Å². The Balaban J connectivity index is 1.12. The number of aryl methyl sites for hydroxylation is 2. The second-order valence-electron chi connectivity index (χ2n) is 11.4. The fourth-order valence-corrected chi connectivity index (χ4v) is 6.61. The fraction of sp³-hybridized carbons (Fsp3) is 0.406. The van der Waals surface area contributed by atoms with E-state index in [1.54, 1.807) is 0 Å². The molecule has 1 N–H and O–H groups in total. The molecule has 1 aromatic heterocycles.